The van der Waals surface area contributed by atoms with Crippen LogP contribution in [0.25, 0.3) is 0 Å². The van der Waals surface area contributed by atoms with E-state index in [4.69, 9.17) is 27.9 Å². The normalized spacial score (nSPS) is 12.5. The zero-order valence-electron chi connectivity index (χ0n) is 21.1. The number of halogens is 3. The highest BCUT2D eigenvalue weighted by Crippen LogP contribution is 2.25. The predicted molar refractivity (Wildman–Crippen MR) is 153 cm³/mol. The molecule has 0 aliphatic rings. The lowest BCUT2D eigenvalue weighted by molar-refractivity contribution is -0.143. The van der Waals surface area contributed by atoms with Gasteiger partial charge in [0.05, 0.1) is 0 Å². The first-order valence-corrected chi connectivity index (χ1v) is 13.7. The van der Waals surface area contributed by atoms with Crippen molar-refractivity contribution in [3.05, 3.63) is 97.9 Å². The minimum absolute atomic E-state index is 0.0381. The van der Waals surface area contributed by atoms with Crippen molar-refractivity contribution < 1.29 is 14.3 Å². The van der Waals surface area contributed by atoms with Gasteiger partial charge in [-0.1, -0.05) is 82.5 Å². The van der Waals surface area contributed by atoms with E-state index in [0.717, 1.165) is 22.0 Å². The first kappa shape index (κ1) is 29.0. The van der Waals surface area contributed by atoms with Crippen LogP contribution in [0.5, 0.6) is 5.75 Å². The van der Waals surface area contributed by atoms with Crippen LogP contribution in [0.2, 0.25) is 10.0 Å². The number of aryl methyl sites for hydroxylation is 1. The third-order valence-electron chi connectivity index (χ3n) is 6.12. The monoisotopic (exact) mass is 604 g/mol. The molecule has 0 saturated carbocycles. The molecule has 0 aliphatic carbocycles. The van der Waals surface area contributed by atoms with E-state index in [1.807, 2.05) is 63.2 Å². The Labute approximate surface area is 237 Å². The fourth-order valence-electron chi connectivity index (χ4n) is 3.76. The Morgan fingerprint density at radius 2 is 1.78 bits per heavy atom. The van der Waals surface area contributed by atoms with Crippen LogP contribution in [0.1, 0.15) is 37.0 Å². The molecule has 0 heterocycles. The SMILES string of the molecule is CC[C@H](C)NC(=O)[C@H](Cc1ccccc1)N(Cc1ccc(Cl)cc1Cl)C(=O)COc1ccc(Br)c(C)c1. The van der Waals surface area contributed by atoms with Gasteiger partial charge in [-0.3, -0.25) is 9.59 Å². The molecule has 1 N–H and O–H groups in total. The van der Waals surface area contributed by atoms with Gasteiger partial charge in [-0.2, -0.15) is 0 Å². The molecule has 3 aromatic rings. The quantitative estimate of drug-likeness (QED) is 0.256. The molecule has 3 rings (SSSR count). The highest BCUT2D eigenvalue weighted by molar-refractivity contribution is 9.10. The van der Waals surface area contributed by atoms with Crippen molar-refractivity contribution in [2.75, 3.05) is 6.61 Å². The van der Waals surface area contributed by atoms with Crippen LogP contribution in [-0.2, 0) is 22.6 Å². The highest BCUT2D eigenvalue weighted by atomic mass is 79.9. The van der Waals surface area contributed by atoms with Crippen molar-refractivity contribution in [2.45, 2.75) is 52.2 Å². The van der Waals surface area contributed by atoms with Gasteiger partial charge in [0.2, 0.25) is 5.91 Å². The number of hydrogen-bond donors (Lipinski definition) is 1. The van der Waals surface area contributed by atoms with E-state index < -0.39 is 6.04 Å². The van der Waals surface area contributed by atoms with Gasteiger partial charge in [0.15, 0.2) is 6.61 Å². The smallest absolute Gasteiger partial charge is 0.261 e. The lowest BCUT2D eigenvalue weighted by Crippen LogP contribution is -2.53. The van der Waals surface area contributed by atoms with Crippen LogP contribution in [0.15, 0.2) is 71.2 Å². The molecule has 5 nitrogen and oxygen atoms in total. The molecule has 37 heavy (non-hydrogen) atoms. The van der Waals surface area contributed by atoms with E-state index in [1.165, 1.54) is 0 Å². The van der Waals surface area contributed by atoms with Crippen LogP contribution in [-0.4, -0.2) is 35.4 Å². The van der Waals surface area contributed by atoms with Gasteiger partial charge in [-0.25, -0.2) is 0 Å². The first-order valence-electron chi connectivity index (χ1n) is 12.1. The molecule has 0 fully saturated rings. The number of ether oxygens (including phenoxy) is 1. The molecule has 0 saturated heterocycles. The molecule has 8 heteroatoms. The summed E-state index contributed by atoms with van der Waals surface area (Å²) in [6, 6.07) is 19.5. The van der Waals surface area contributed by atoms with E-state index in [0.29, 0.717) is 27.8 Å². The van der Waals surface area contributed by atoms with E-state index in [9.17, 15) is 9.59 Å². The van der Waals surface area contributed by atoms with Crippen molar-refractivity contribution in [2.24, 2.45) is 0 Å². The van der Waals surface area contributed by atoms with Crippen LogP contribution in [0.4, 0.5) is 0 Å². The van der Waals surface area contributed by atoms with Crippen LogP contribution in [0, 0.1) is 6.92 Å². The van der Waals surface area contributed by atoms with Gasteiger partial charge in [0, 0.05) is 33.5 Å². The summed E-state index contributed by atoms with van der Waals surface area (Å²) in [6.45, 7) is 5.79. The van der Waals surface area contributed by atoms with E-state index >= 15 is 0 Å². The van der Waals surface area contributed by atoms with Gasteiger partial charge in [-0.15, -0.1) is 0 Å². The topological polar surface area (TPSA) is 58.6 Å². The minimum Gasteiger partial charge on any atom is -0.484 e. The molecule has 0 aromatic heterocycles. The molecule has 3 aromatic carbocycles. The van der Waals surface area contributed by atoms with Gasteiger partial charge in [-0.05, 0) is 67.3 Å². The number of hydrogen-bond acceptors (Lipinski definition) is 3. The average molecular weight is 606 g/mol. The summed E-state index contributed by atoms with van der Waals surface area (Å²) in [5, 5.41) is 3.97. The molecule has 0 radical (unpaired) electrons. The number of carbonyl (C=O) groups excluding carboxylic acids is 2. The predicted octanol–water partition coefficient (Wildman–Crippen LogP) is 7.00. The minimum atomic E-state index is -0.772. The third kappa shape index (κ3) is 8.49. The Hall–Kier alpha value is -2.54. The Morgan fingerprint density at radius 3 is 2.43 bits per heavy atom. The van der Waals surface area contributed by atoms with E-state index in [-0.39, 0.29) is 31.0 Å². The summed E-state index contributed by atoms with van der Waals surface area (Å²) in [5.74, 6) is 0.0186. The van der Waals surface area contributed by atoms with Crippen molar-refractivity contribution in [3.8, 4) is 5.75 Å². The number of amides is 2. The standard InChI is InChI=1S/C29H31BrCl2N2O3/c1-4-20(3)33-29(36)27(15-21-8-6-5-7-9-21)34(17-22-10-11-23(31)16-26(22)32)28(35)18-37-24-12-13-25(30)19(2)14-24/h5-14,16,20,27H,4,15,17-18H2,1-3H3,(H,33,36)/t20-,27-/m0/s1. The second-order valence-corrected chi connectivity index (χ2v) is 10.7. The fourth-order valence-corrected chi connectivity index (χ4v) is 4.48. The van der Waals surface area contributed by atoms with E-state index in [1.54, 1.807) is 29.2 Å². The van der Waals surface area contributed by atoms with Crippen molar-refractivity contribution >= 4 is 50.9 Å². The maximum atomic E-state index is 13.7. The van der Waals surface area contributed by atoms with Crippen molar-refractivity contribution in [1.82, 2.24) is 10.2 Å². The molecule has 0 spiro atoms. The molecule has 196 valence electrons. The second-order valence-electron chi connectivity index (χ2n) is 8.98. The summed E-state index contributed by atoms with van der Waals surface area (Å²) < 4.78 is 6.81. The molecular formula is C29H31BrCl2N2O3. The molecule has 0 aliphatic heterocycles. The zero-order valence-corrected chi connectivity index (χ0v) is 24.2. The Bertz CT molecular complexity index is 1220. The number of nitrogens with zero attached hydrogens (tertiary/aromatic N) is 1. The van der Waals surface area contributed by atoms with Crippen molar-refractivity contribution in [1.29, 1.82) is 0 Å². The van der Waals surface area contributed by atoms with Crippen molar-refractivity contribution in [3.63, 3.8) is 0 Å². The average Bonchev–Trinajstić information content (AvgIpc) is 2.88. The number of carbonyl (C=O) groups is 2. The third-order valence-corrected chi connectivity index (χ3v) is 7.60. The Kier molecular flexibility index (Phi) is 10.9. The lowest BCUT2D eigenvalue weighted by Gasteiger charge is -2.32. The molecule has 0 unspecified atom stereocenters. The largest absolute Gasteiger partial charge is 0.484 e. The molecule has 2 atom stereocenters. The maximum Gasteiger partial charge on any atom is 0.261 e. The number of rotatable bonds is 11. The van der Waals surface area contributed by atoms with Crippen LogP contribution in [0.3, 0.4) is 0 Å². The maximum absolute atomic E-state index is 13.7. The zero-order chi connectivity index (χ0) is 26.9. The van der Waals surface area contributed by atoms with E-state index in [2.05, 4.69) is 21.2 Å². The summed E-state index contributed by atoms with van der Waals surface area (Å²) >= 11 is 16.1. The van der Waals surface area contributed by atoms with Crippen LogP contribution < -0.4 is 10.1 Å². The summed E-state index contributed by atoms with van der Waals surface area (Å²) in [5.41, 5.74) is 2.62. The van der Waals surface area contributed by atoms with Gasteiger partial charge >= 0.3 is 0 Å². The van der Waals surface area contributed by atoms with Gasteiger partial charge in [0.1, 0.15) is 11.8 Å². The number of benzene rings is 3. The molecule has 0 bridgehead atoms. The first-order chi connectivity index (χ1) is 17.7. The fraction of sp³-hybridized carbons (Fsp3) is 0.310. The Balaban J connectivity index is 1.94. The second kappa shape index (κ2) is 13.8. The lowest BCUT2D eigenvalue weighted by atomic mass is 10.0. The number of nitrogens with one attached hydrogen (secondary N) is 1. The van der Waals surface area contributed by atoms with Crippen LogP contribution >= 0.6 is 39.1 Å². The summed E-state index contributed by atoms with van der Waals surface area (Å²) in [4.78, 5) is 28.8. The van der Waals surface area contributed by atoms with Gasteiger partial charge in [0.25, 0.3) is 5.91 Å². The molecule has 2 amide bonds. The highest BCUT2D eigenvalue weighted by Gasteiger charge is 2.31. The summed E-state index contributed by atoms with van der Waals surface area (Å²) in [6.07, 6.45) is 1.12. The Morgan fingerprint density at radius 1 is 1.05 bits per heavy atom. The summed E-state index contributed by atoms with van der Waals surface area (Å²) in [7, 11) is 0. The molecular weight excluding hydrogens is 575 g/mol. The van der Waals surface area contributed by atoms with Gasteiger partial charge < -0.3 is 15.0 Å².